The molecule has 4 nitrogen and oxygen atoms in total. The molecule has 8 heteroatoms. The Kier molecular flexibility index (Phi) is 5.98. The number of aliphatic hydroxyl groups is 1. The van der Waals surface area contributed by atoms with Gasteiger partial charge in [-0.1, -0.05) is 30.3 Å². The van der Waals surface area contributed by atoms with Crippen LogP contribution in [0, 0.1) is 17.5 Å². The van der Waals surface area contributed by atoms with Crippen LogP contribution in [0.15, 0.2) is 47.4 Å². The van der Waals surface area contributed by atoms with E-state index in [0.717, 1.165) is 5.56 Å². The number of halogens is 3. The summed E-state index contributed by atoms with van der Waals surface area (Å²) in [4.78, 5) is -0.961. The lowest BCUT2D eigenvalue weighted by Crippen LogP contribution is -2.30. The highest BCUT2D eigenvalue weighted by Gasteiger charge is 2.23. The minimum Gasteiger partial charge on any atom is -0.396 e. The van der Waals surface area contributed by atoms with Gasteiger partial charge in [0.25, 0.3) is 0 Å². The average molecular weight is 359 g/mol. The summed E-state index contributed by atoms with van der Waals surface area (Å²) < 4.78 is 66.3. The zero-order chi connectivity index (χ0) is 17.7. The summed E-state index contributed by atoms with van der Waals surface area (Å²) in [5, 5.41) is 9.13. The Hall–Kier alpha value is -1.90. The van der Waals surface area contributed by atoms with E-state index in [0.29, 0.717) is 6.07 Å². The van der Waals surface area contributed by atoms with Crippen LogP contribution in [-0.2, 0) is 10.0 Å². The van der Waals surface area contributed by atoms with Crippen molar-refractivity contribution >= 4 is 10.0 Å². The van der Waals surface area contributed by atoms with Crippen LogP contribution in [0.25, 0.3) is 0 Å². The Morgan fingerprint density at radius 1 is 1.00 bits per heavy atom. The highest BCUT2D eigenvalue weighted by atomic mass is 32.2. The minimum atomic E-state index is -4.36. The van der Waals surface area contributed by atoms with E-state index in [4.69, 9.17) is 5.11 Å². The average Bonchev–Trinajstić information content (AvgIpc) is 2.55. The van der Waals surface area contributed by atoms with Gasteiger partial charge in [-0.15, -0.1) is 0 Å². The minimum absolute atomic E-state index is 0.120. The SMILES string of the molecule is O=S(=O)(NCC(CCO)c1ccccc1)c1cc(F)c(F)cc1F. The highest BCUT2D eigenvalue weighted by molar-refractivity contribution is 7.89. The van der Waals surface area contributed by atoms with Gasteiger partial charge >= 0.3 is 0 Å². The summed E-state index contributed by atoms with van der Waals surface area (Å²) >= 11 is 0. The molecule has 0 aliphatic carbocycles. The first-order chi connectivity index (χ1) is 11.3. The van der Waals surface area contributed by atoms with Crippen molar-refractivity contribution in [2.24, 2.45) is 0 Å². The summed E-state index contributed by atoms with van der Waals surface area (Å²) in [6, 6.07) is 9.36. The lowest BCUT2D eigenvalue weighted by molar-refractivity contribution is 0.275. The first-order valence-corrected chi connectivity index (χ1v) is 8.63. The van der Waals surface area contributed by atoms with E-state index in [1.165, 1.54) is 0 Å². The van der Waals surface area contributed by atoms with Crippen molar-refractivity contribution in [1.82, 2.24) is 4.72 Å². The van der Waals surface area contributed by atoms with Crippen molar-refractivity contribution in [3.63, 3.8) is 0 Å². The molecule has 0 bridgehead atoms. The van der Waals surface area contributed by atoms with Crippen LogP contribution in [-0.4, -0.2) is 26.7 Å². The molecule has 0 aromatic heterocycles. The van der Waals surface area contributed by atoms with Crippen molar-refractivity contribution < 1.29 is 26.7 Å². The Balaban J connectivity index is 2.21. The maximum atomic E-state index is 13.7. The Labute approximate surface area is 138 Å². The molecular weight excluding hydrogens is 343 g/mol. The second-order valence-corrected chi connectivity index (χ2v) is 6.90. The molecule has 0 aliphatic rings. The van der Waals surface area contributed by atoms with Gasteiger partial charge < -0.3 is 5.11 Å². The second-order valence-electron chi connectivity index (χ2n) is 5.17. The standard InChI is InChI=1S/C16H16F3NO3S/c17-13-8-15(19)16(9-14(13)18)24(22,23)20-10-12(6-7-21)11-4-2-1-3-5-11/h1-5,8-9,12,20-21H,6-7,10H2. The van der Waals surface area contributed by atoms with E-state index >= 15 is 0 Å². The number of benzene rings is 2. The molecule has 130 valence electrons. The van der Waals surface area contributed by atoms with Crippen molar-refractivity contribution in [2.45, 2.75) is 17.2 Å². The number of sulfonamides is 1. The molecule has 0 spiro atoms. The molecule has 2 rings (SSSR count). The van der Waals surface area contributed by atoms with Crippen molar-refractivity contribution in [2.75, 3.05) is 13.2 Å². The van der Waals surface area contributed by atoms with Gasteiger partial charge in [-0.25, -0.2) is 26.3 Å². The number of rotatable bonds is 7. The predicted molar refractivity (Wildman–Crippen MR) is 82.4 cm³/mol. The monoisotopic (exact) mass is 359 g/mol. The first kappa shape index (κ1) is 18.4. The summed E-state index contributed by atoms with van der Waals surface area (Å²) in [6.07, 6.45) is 0.285. The van der Waals surface area contributed by atoms with Gasteiger partial charge in [-0.05, 0) is 24.0 Å². The number of aliphatic hydroxyl groups excluding tert-OH is 1. The smallest absolute Gasteiger partial charge is 0.243 e. The molecule has 0 saturated carbocycles. The van der Waals surface area contributed by atoms with Gasteiger partial charge in [-0.2, -0.15) is 0 Å². The van der Waals surface area contributed by atoms with Gasteiger partial charge in [0.15, 0.2) is 11.6 Å². The summed E-state index contributed by atoms with van der Waals surface area (Å²) in [5.74, 6) is -4.64. The molecule has 0 radical (unpaired) electrons. The van der Waals surface area contributed by atoms with Crippen LogP contribution in [0.1, 0.15) is 17.9 Å². The third kappa shape index (κ3) is 4.34. The molecule has 2 aromatic carbocycles. The zero-order valence-electron chi connectivity index (χ0n) is 12.5. The maximum Gasteiger partial charge on any atom is 0.243 e. The van der Waals surface area contributed by atoms with Crippen LogP contribution in [0.4, 0.5) is 13.2 Å². The molecule has 24 heavy (non-hydrogen) atoms. The summed E-state index contributed by atoms with van der Waals surface area (Å²) in [6.45, 7) is -0.286. The molecule has 0 fully saturated rings. The van der Waals surface area contributed by atoms with E-state index in [1.54, 1.807) is 30.3 Å². The zero-order valence-corrected chi connectivity index (χ0v) is 13.4. The fraction of sp³-hybridized carbons (Fsp3) is 0.250. The number of hydrogen-bond acceptors (Lipinski definition) is 3. The Bertz CT molecular complexity index is 798. The third-order valence-corrected chi connectivity index (χ3v) is 4.97. The number of hydrogen-bond donors (Lipinski definition) is 2. The highest BCUT2D eigenvalue weighted by Crippen LogP contribution is 2.21. The largest absolute Gasteiger partial charge is 0.396 e. The van der Waals surface area contributed by atoms with Crippen LogP contribution < -0.4 is 4.72 Å². The lowest BCUT2D eigenvalue weighted by atomic mass is 9.96. The van der Waals surface area contributed by atoms with Crippen LogP contribution in [0.5, 0.6) is 0 Å². The molecule has 0 amide bonds. The van der Waals surface area contributed by atoms with Crippen molar-refractivity contribution in [3.8, 4) is 0 Å². The molecule has 1 unspecified atom stereocenters. The molecule has 0 heterocycles. The normalized spacial score (nSPS) is 13.0. The lowest BCUT2D eigenvalue weighted by Gasteiger charge is -2.17. The first-order valence-electron chi connectivity index (χ1n) is 7.15. The van der Waals surface area contributed by atoms with E-state index in [-0.39, 0.29) is 31.6 Å². The van der Waals surface area contributed by atoms with Gasteiger partial charge in [0.05, 0.1) is 0 Å². The van der Waals surface area contributed by atoms with E-state index in [9.17, 15) is 21.6 Å². The van der Waals surface area contributed by atoms with Crippen LogP contribution in [0.2, 0.25) is 0 Å². The topological polar surface area (TPSA) is 66.4 Å². The second kappa shape index (κ2) is 7.78. The molecule has 2 aromatic rings. The van der Waals surface area contributed by atoms with Gasteiger partial charge in [-0.3, -0.25) is 0 Å². The Morgan fingerprint density at radius 2 is 1.62 bits per heavy atom. The van der Waals surface area contributed by atoms with Crippen molar-refractivity contribution in [3.05, 3.63) is 65.5 Å². The van der Waals surface area contributed by atoms with Gasteiger partial charge in [0, 0.05) is 19.2 Å². The van der Waals surface area contributed by atoms with Crippen LogP contribution in [0.3, 0.4) is 0 Å². The fourth-order valence-corrected chi connectivity index (χ4v) is 3.42. The third-order valence-electron chi connectivity index (χ3n) is 3.53. The molecule has 0 aliphatic heterocycles. The summed E-state index contributed by atoms with van der Waals surface area (Å²) in [5.41, 5.74) is 0.792. The van der Waals surface area contributed by atoms with Crippen molar-refractivity contribution in [1.29, 1.82) is 0 Å². The van der Waals surface area contributed by atoms with Gasteiger partial charge in [0.2, 0.25) is 10.0 Å². The molecule has 0 saturated heterocycles. The maximum absolute atomic E-state index is 13.7. The van der Waals surface area contributed by atoms with E-state index in [1.807, 2.05) is 0 Å². The molecule has 2 N–H and O–H groups in total. The van der Waals surface area contributed by atoms with E-state index < -0.39 is 32.4 Å². The molecule has 1 atom stereocenters. The van der Waals surface area contributed by atoms with Crippen LogP contribution >= 0.6 is 0 Å². The van der Waals surface area contributed by atoms with Gasteiger partial charge in [0.1, 0.15) is 10.7 Å². The fourth-order valence-electron chi connectivity index (χ4n) is 2.27. The number of nitrogens with one attached hydrogen (secondary N) is 1. The predicted octanol–water partition coefficient (Wildman–Crippen LogP) is 2.55. The summed E-state index contributed by atoms with van der Waals surface area (Å²) in [7, 11) is -4.36. The van der Waals surface area contributed by atoms with E-state index in [2.05, 4.69) is 4.72 Å². The quantitative estimate of drug-likeness (QED) is 0.747. The molecular formula is C16H16F3NO3S. The Morgan fingerprint density at radius 3 is 2.25 bits per heavy atom.